The van der Waals surface area contributed by atoms with E-state index in [0.29, 0.717) is 6.54 Å². The van der Waals surface area contributed by atoms with Crippen LogP contribution >= 0.6 is 11.6 Å². The van der Waals surface area contributed by atoms with Gasteiger partial charge in [0.05, 0.1) is 13.2 Å². The van der Waals surface area contributed by atoms with Crippen LogP contribution in [0.2, 0.25) is 0 Å². The maximum atomic E-state index is 15.2. The molecule has 1 aromatic carbocycles. The zero-order valence-corrected chi connectivity index (χ0v) is 13.9. The molecule has 1 saturated heterocycles. The number of carbonyl (C=O) groups is 1. The lowest BCUT2D eigenvalue weighted by Gasteiger charge is -2.28. The third kappa shape index (κ3) is 3.38. The number of aliphatic hydroxyl groups excluding tert-OH is 1. The van der Waals surface area contributed by atoms with Crippen molar-refractivity contribution in [2.75, 3.05) is 19.7 Å². The Morgan fingerprint density at radius 2 is 1.91 bits per heavy atom. The summed E-state index contributed by atoms with van der Waals surface area (Å²) in [5.41, 5.74) is -0.926. The van der Waals surface area contributed by atoms with Crippen LogP contribution in [0.15, 0.2) is 30.3 Å². The van der Waals surface area contributed by atoms with Gasteiger partial charge in [-0.3, -0.25) is 4.79 Å². The molecule has 2 atom stereocenters. The highest BCUT2D eigenvalue weighted by Gasteiger charge is 2.49. The lowest BCUT2D eigenvalue weighted by Crippen LogP contribution is -2.40. The summed E-state index contributed by atoms with van der Waals surface area (Å²) in [6, 6.07) is 9.33. The highest BCUT2D eigenvalue weighted by atomic mass is 35.5. The third-order valence-electron chi connectivity index (χ3n) is 5.26. The molecule has 0 aromatic heterocycles. The van der Waals surface area contributed by atoms with Gasteiger partial charge in [0.2, 0.25) is 5.91 Å². The molecule has 1 aliphatic heterocycles. The smallest absolute Gasteiger partial charge is 0.225 e. The molecule has 1 saturated carbocycles. The fourth-order valence-corrected chi connectivity index (χ4v) is 4.10. The monoisotopic (exact) mass is 339 g/mol. The van der Waals surface area contributed by atoms with E-state index in [4.69, 9.17) is 11.6 Å². The van der Waals surface area contributed by atoms with Gasteiger partial charge in [-0.15, -0.1) is 11.6 Å². The van der Waals surface area contributed by atoms with Crippen LogP contribution in [0.5, 0.6) is 0 Å². The second-order valence-corrected chi connectivity index (χ2v) is 7.44. The van der Waals surface area contributed by atoms with E-state index < -0.39 is 18.2 Å². The molecule has 0 bridgehead atoms. The van der Waals surface area contributed by atoms with E-state index in [-0.39, 0.29) is 23.7 Å². The van der Waals surface area contributed by atoms with Gasteiger partial charge in [0.1, 0.15) is 0 Å². The van der Waals surface area contributed by atoms with Crippen LogP contribution in [-0.2, 0) is 4.79 Å². The molecule has 1 amide bonds. The largest absolute Gasteiger partial charge is 0.393 e. The summed E-state index contributed by atoms with van der Waals surface area (Å²) in [5.74, 6) is -0.507. The maximum absolute atomic E-state index is 15.2. The summed E-state index contributed by atoms with van der Waals surface area (Å²) >= 11 is 6.10. The van der Waals surface area contributed by atoms with Gasteiger partial charge in [-0.05, 0) is 31.2 Å². The van der Waals surface area contributed by atoms with Crippen molar-refractivity contribution in [1.82, 2.24) is 4.90 Å². The molecule has 3 rings (SSSR count). The van der Waals surface area contributed by atoms with Gasteiger partial charge < -0.3 is 10.0 Å². The minimum atomic E-state index is -1.76. The minimum Gasteiger partial charge on any atom is -0.393 e. The van der Waals surface area contributed by atoms with Gasteiger partial charge in [-0.2, -0.15) is 0 Å². The van der Waals surface area contributed by atoms with Crippen LogP contribution in [0.3, 0.4) is 0 Å². The number of halogens is 2. The average Bonchev–Trinajstić information content (AvgIpc) is 2.94. The van der Waals surface area contributed by atoms with Crippen molar-refractivity contribution in [3.8, 4) is 0 Å². The molecule has 3 nitrogen and oxygen atoms in total. The number of likely N-dealkylation sites (tertiary alicyclic amines) is 1. The van der Waals surface area contributed by atoms with Gasteiger partial charge in [0.15, 0.2) is 5.67 Å². The lowest BCUT2D eigenvalue weighted by atomic mass is 9.87. The SMILES string of the molecule is O=C(C1CCC(Cl)CC1)N1CC(c2ccccc2)C(F)(CO)C1. The summed E-state index contributed by atoms with van der Waals surface area (Å²) in [5, 5.41) is 9.73. The normalized spacial score (nSPS) is 34.6. The van der Waals surface area contributed by atoms with Crippen molar-refractivity contribution >= 4 is 17.5 Å². The number of benzene rings is 1. The van der Waals surface area contributed by atoms with Crippen LogP contribution < -0.4 is 0 Å². The van der Waals surface area contributed by atoms with Crippen molar-refractivity contribution < 1.29 is 14.3 Å². The Balaban J connectivity index is 1.74. The van der Waals surface area contributed by atoms with E-state index in [1.54, 1.807) is 4.90 Å². The van der Waals surface area contributed by atoms with E-state index in [0.717, 1.165) is 31.2 Å². The first kappa shape index (κ1) is 16.7. The molecule has 126 valence electrons. The molecule has 2 fully saturated rings. The first-order chi connectivity index (χ1) is 11.0. The van der Waals surface area contributed by atoms with Crippen LogP contribution in [0.4, 0.5) is 4.39 Å². The molecule has 0 spiro atoms. The fourth-order valence-electron chi connectivity index (χ4n) is 3.85. The number of carbonyl (C=O) groups excluding carboxylic acids is 1. The number of hydrogen-bond donors (Lipinski definition) is 1. The summed E-state index contributed by atoms with van der Waals surface area (Å²) in [4.78, 5) is 14.3. The lowest BCUT2D eigenvalue weighted by molar-refractivity contribution is -0.136. The maximum Gasteiger partial charge on any atom is 0.225 e. The molecule has 1 heterocycles. The number of aliphatic hydroxyl groups is 1. The van der Waals surface area contributed by atoms with E-state index >= 15 is 4.39 Å². The second kappa shape index (κ2) is 6.78. The van der Waals surface area contributed by atoms with Gasteiger partial charge in [-0.25, -0.2) is 4.39 Å². The zero-order valence-electron chi connectivity index (χ0n) is 13.1. The Morgan fingerprint density at radius 1 is 1.26 bits per heavy atom. The van der Waals surface area contributed by atoms with Crippen molar-refractivity contribution in [1.29, 1.82) is 0 Å². The van der Waals surface area contributed by atoms with Gasteiger partial charge in [0.25, 0.3) is 0 Å². The van der Waals surface area contributed by atoms with E-state index in [9.17, 15) is 9.90 Å². The van der Waals surface area contributed by atoms with Crippen LogP contribution in [0.25, 0.3) is 0 Å². The first-order valence-electron chi connectivity index (χ1n) is 8.31. The Labute approximate surface area is 141 Å². The highest BCUT2D eigenvalue weighted by Crippen LogP contribution is 2.40. The molecule has 2 unspecified atom stereocenters. The first-order valence-corrected chi connectivity index (χ1v) is 8.75. The fraction of sp³-hybridized carbons (Fsp3) is 0.611. The number of nitrogens with zero attached hydrogens (tertiary/aromatic N) is 1. The minimum absolute atomic E-state index is 0.0162. The predicted molar refractivity (Wildman–Crippen MR) is 88.3 cm³/mol. The number of amides is 1. The average molecular weight is 340 g/mol. The summed E-state index contributed by atoms with van der Waals surface area (Å²) < 4.78 is 15.2. The van der Waals surface area contributed by atoms with Crippen molar-refractivity contribution in [2.24, 2.45) is 5.92 Å². The number of hydrogen-bond acceptors (Lipinski definition) is 2. The molecular weight excluding hydrogens is 317 g/mol. The molecule has 1 aliphatic carbocycles. The van der Waals surface area contributed by atoms with Crippen LogP contribution in [0.1, 0.15) is 37.2 Å². The van der Waals surface area contributed by atoms with E-state index in [2.05, 4.69) is 0 Å². The Kier molecular flexibility index (Phi) is 4.93. The van der Waals surface area contributed by atoms with E-state index in [1.165, 1.54) is 0 Å². The van der Waals surface area contributed by atoms with Gasteiger partial charge in [0, 0.05) is 23.8 Å². The Morgan fingerprint density at radius 3 is 2.52 bits per heavy atom. The summed E-state index contributed by atoms with van der Waals surface area (Å²) in [6.45, 7) is -0.256. The molecule has 23 heavy (non-hydrogen) atoms. The van der Waals surface area contributed by atoms with Gasteiger partial charge >= 0.3 is 0 Å². The molecular formula is C18H23ClFNO2. The van der Waals surface area contributed by atoms with Crippen molar-refractivity contribution in [3.63, 3.8) is 0 Å². The third-order valence-corrected chi connectivity index (χ3v) is 5.70. The number of alkyl halides is 2. The quantitative estimate of drug-likeness (QED) is 0.860. The van der Waals surface area contributed by atoms with Crippen LogP contribution in [0, 0.1) is 5.92 Å². The second-order valence-electron chi connectivity index (χ2n) is 6.82. The Bertz CT molecular complexity index is 547. The molecule has 1 N–H and O–H groups in total. The van der Waals surface area contributed by atoms with Crippen molar-refractivity contribution in [2.45, 2.75) is 42.6 Å². The Hall–Kier alpha value is -1.13. The van der Waals surface area contributed by atoms with Crippen LogP contribution in [-0.4, -0.2) is 46.7 Å². The molecule has 1 aromatic rings. The zero-order chi connectivity index (χ0) is 16.4. The topological polar surface area (TPSA) is 40.5 Å². The molecule has 2 aliphatic rings. The van der Waals surface area contributed by atoms with Gasteiger partial charge in [-0.1, -0.05) is 30.3 Å². The summed E-state index contributed by atoms with van der Waals surface area (Å²) in [7, 11) is 0. The molecule has 0 radical (unpaired) electrons. The highest BCUT2D eigenvalue weighted by molar-refractivity contribution is 6.20. The number of rotatable bonds is 3. The standard InChI is InChI=1S/C18H23ClFNO2/c19-15-8-6-14(7-9-15)17(23)21-10-16(18(20,11-21)12-22)13-4-2-1-3-5-13/h1-5,14-16,22H,6-12H2. The van der Waals surface area contributed by atoms with E-state index in [1.807, 2.05) is 30.3 Å². The molecule has 5 heteroatoms. The van der Waals surface area contributed by atoms with Crippen molar-refractivity contribution in [3.05, 3.63) is 35.9 Å². The predicted octanol–water partition coefficient (Wildman–Crippen LogP) is 3.11. The summed E-state index contributed by atoms with van der Waals surface area (Å²) in [6.07, 6.45) is 3.24.